The molecule has 10 nitrogen and oxygen atoms in total. The Morgan fingerprint density at radius 2 is 1.95 bits per heavy atom. The van der Waals surface area contributed by atoms with Gasteiger partial charge in [0, 0.05) is 64.0 Å². The van der Waals surface area contributed by atoms with Crippen LogP contribution in [0, 0.1) is 18.3 Å². The summed E-state index contributed by atoms with van der Waals surface area (Å²) in [7, 11) is 2.05. The summed E-state index contributed by atoms with van der Waals surface area (Å²) in [6, 6.07) is 14.2. The van der Waals surface area contributed by atoms with E-state index in [4.69, 9.17) is 5.26 Å². The fourth-order valence-electron chi connectivity index (χ4n) is 5.31. The number of fused-ring (bicyclic) bond motifs is 1. The lowest BCUT2D eigenvalue weighted by Gasteiger charge is -2.36. The maximum atomic E-state index is 13.0. The summed E-state index contributed by atoms with van der Waals surface area (Å²) >= 11 is 0. The SMILES string of the molecule is Cc1c(N2Cc3ccccc3[C@@H]2CN(C)CCC(=O)N2CCN(c3ccc(C#N)cn3)CC2)cn[nH]c1=O. The molecule has 5 rings (SSSR count). The summed E-state index contributed by atoms with van der Waals surface area (Å²) in [5.41, 5.74) is 4.36. The number of nitrogens with one attached hydrogen (secondary N) is 1. The largest absolute Gasteiger partial charge is 0.357 e. The van der Waals surface area contributed by atoms with E-state index in [9.17, 15) is 9.59 Å². The van der Waals surface area contributed by atoms with Crippen LogP contribution in [0.5, 0.6) is 0 Å². The average molecular weight is 513 g/mol. The second kappa shape index (κ2) is 11.0. The van der Waals surface area contributed by atoms with Crippen molar-refractivity contribution in [2.45, 2.75) is 25.9 Å². The highest BCUT2D eigenvalue weighted by Gasteiger charge is 2.32. The fraction of sp³-hybridized carbons (Fsp3) is 0.393. The highest BCUT2D eigenvalue weighted by molar-refractivity contribution is 5.76. The Bertz CT molecular complexity index is 1390. The number of aromatic amines is 1. The summed E-state index contributed by atoms with van der Waals surface area (Å²) in [5, 5.41) is 15.5. The summed E-state index contributed by atoms with van der Waals surface area (Å²) in [4.78, 5) is 38.1. The van der Waals surface area contributed by atoms with Crippen molar-refractivity contribution >= 4 is 17.4 Å². The molecular weight excluding hydrogens is 480 g/mol. The van der Waals surface area contributed by atoms with E-state index in [1.807, 2.05) is 31.0 Å². The molecule has 1 saturated heterocycles. The number of benzene rings is 1. The third-order valence-corrected chi connectivity index (χ3v) is 7.54. The van der Waals surface area contributed by atoms with E-state index in [-0.39, 0.29) is 17.5 Å². The Labute approximate surface area is 222 Å². The van der Waals surface area contributed by atoms with Gasteiger partial charge in [-0.3, -0.25) is 9.59 Å². The van der Waals surface area contributed by atoms with Crippen LogP contribution in [0.3, 0.4) is 0 Å². The van der Waals surface area contributed by atoms with Crippen LogP contribution in [0.4, 0.5) is 11.5 Å². The maximum absolute atomic E-state index is 13.0. The van der Waals surface area contributed by atoms with Crippen LogP contribution in [-0.2, 0) is 11.3 Å². The predicted octanol–water partition coefficient (Wildman–Crippen LogP) is 2.08. The van der Waals surface area contributed by atoms with Gasteiger partial charge in [0.25, 0.3) is 5.56 Å². The number of aromatic nitrogens is 3. The third kappa shape index (κ3) is 5.24. The second-order valence-corrected chi connectivity index (χ2v) is 9.95. The van der Waals surface area contributed by atoms with Crippen LogP contribution >= 0.6 is 0 Å². The van der Waals surface area contributed by atoms with Gasteiger partial charge in [-0.25, -0.2) is 10.1 Å². The van der Waals surface area contributed by atoms with Crippen LogP contribution in [0.25, 0.3) is 0 Å². The van der Waals surface area contributed by atoms with Gasteiger partial charge in [0.15, 0.2) is 0 Å². The molecule has 0 spiro atoms. The van der Waals surface area contributed by atoms with Gasteiger partial charge in [-0.2, -0.15) is 10.4 Å². The number of pyridine rings is 1. The number of hydrogen-bond donors (Lipinski definition) is 1. The molecule has 0 radical (unpaired) electrons. The van der Waals surface area contributed by atoms with Crippen molar-refractivity contribution in [3.8, 4) is 6.07 Å². The number of carbonyl (C=O) groups is 1. The number of rotatable bonds is 7. The second-order valence-electron chi connectivity index (χ2n) is 9.95. The quantitative estimate of drug-likeness (QED) is 0.512. The van der Waals surface area contributed by atoms with E-state index in [1.165, 1.54) is 11.1 Å². The van der Waals surface area contributed by atoms with Crippen molar-refractivity contribution in [2.75, 3.05) is 56.1 Å². The molecule has 2 aliphatic heterocycles. The topological polar surface area (TPSA) is 112 Å². The number of carbonyl (C=O) groups excluding carboxylic acids is 1. The number of piperazine rings is 1. The molecule has 1 N–H and O–H groups in total. The van der Waals surface area contributed by atoms with E-state index in [2.05, 4.69) is 54.1 Å². The van der Waals surface area contributed by atoms with Crippen LogP contribution in [0.2, 0.25) is 0 Å². The number of H-pyrrole nitrogens is 1. The minimum Gasteiger partial charge on any atom is -0.357 e. The van der Waals surface area contributed by atoms with Gasteiger partial charge in [0.1, 0.15) is 11.9 Å². The first-order chi connectivity index (χ1) is 18.4. The van der Waals surface area contributed by atoms with Gasteiger partial charge < -0.3 is 19.6 Å². The molecule has 38 heavy (non-hydrogen) atoms. The summed E-state index contributed by atoms with van der Waals surface area (Å²) in [6.07, 6.45) is 3.76. The first-order valence-electron chi connectivity index (χ1n) is 12.9. The van der Waals surface area contributed by atoms with Gasteiger partial charge >= 0.3 is 0 Å². The van der Waals surface area contributed by atoms with Crippen LogP contribution in [0.15, 0.2) is 53.6 Å². The van der Waals surface area contributed by atoms with Crippen molar-refractivity contribution in [3.05, 3.63) is 81.4 Å². The van der Waals surface area contributed by atoms with Crippen LogP contribution in [-0.4, -0.2) is 77.2 Å². The Balaban J connectivity index is 1.17. The molecule has 10 heteroatoms. The Morgan fingerprint density at radius 3 is 2.68 bits per heavy atom. The maximum Gasteiger partial charge on any atom is 0.269 e. The summed E-state index contributed by atoms with van der Waals surface area (Å²) < 4.78 is 0. The number of nitrogens with zero attached hydrogens (tertiary/aromatic N) is 7. The molecule has 0 unspecified atom stereocenters. The summed E-state index contributed by atoms with van der Waals surface area (Å²) in [5.74, 6) is 0.991. The molecule has 3 aromatic rings. The molecule has 1 aromatic carbocycles. The minimum absolute atomic E-state index is 0.0667. The van der Waals surface area contributed by atoms with Crippen molar-refractivity contribution in [1.29, 1.82) is 5.26 Å². The number of hydrogen-bond acceptors (Lipinski definition) is 8. The highest BCUT2D eigenvalue weighted by atomic mass is 16.2. The fourth-order valence-corrected chi connectivity index (χ4v) is 5.31. The number of likely N-dealkylation sites (N-methyl/N-ethyl adjacent to an activating group) is 1. The first-order valence-corrected chi connectivity index (χ1v) is 12.9. The van der Waals surface area contributed by atoms with Crippen molar-refractivity contribution in [3.63, 3.8) is 0 Å². The van der Waals surface area contributed by atoms with Crippen molar-refractivity contribution in [1.82, 2.24) is 25.0 Å². The molecule has 0 aliphatic carbocycles. The minimum atomic E-state index is -0.175. The van der Waals surface area contributed by atoms with Gasteiger partial charge in [-0.15, -0.1) is 0 Å². The predicted molar refractivity (Wildman–Crippen MR) is 145 cm³/mol. The molecular formula is C28H32N8O2. The number of nitriles is 1. The van der Waals surface area contributed by atoms with E-state index in [0.29, 0.717) is 37.2 Å². The van der Waals surface area contributed by atoms with Gasteiger partial charge in [0.05, 0.1) is 23.5 Å². The van der Waals surface area contributed by atoms with Gasteiger partial charge in [-0.1, -0.05) is 24.3 Å². The first kappa shape index (κ1) is 25.4. The Hall–Kier alpha value is -4.23. The molecule has 2 aliphatic rings. The number of anilines is 2. The van der Waals surface area contributed by atoms with Crippen molar-refractivity contribution in [2.24, 2.45) is 0 Å². The standard InChI is InChI=1S/C28H32N8O2/c1-20-24(17-31-32-28(20)38)36-18-22-5-3-4-6-23(22)25(36)19-33(2)10-9-27(37)35-13-11-34(12-14-35)26-8-7-21(15-29)16-30-26/h3-8,16-17,25H,9-14,18-19H2,1-2H3,(H,32,38)/t25-/m0/s1. The summed E-state index contributed by atoms with van der Waals surface area (Å²) in [6.45, 7) is 6.68. The molecule has 4 heterocycles. The van der Waals surface area contributed by atoms with Gasteiger partial charge in [0.2, 0.25) is 5.91 Å². The Morgan fingerprint density at radius 1 is 1.16 bits per heavy atom. The normalized spacial score (nSPS) is 17.0. The van der Waals surface area contributed by atoms with Crippen molar-refractivity contribution < 1.29 is 4.79 Å². The van der Waals surface area contributed by atoms with E-state index in [1.54, 1.807) is 18.5 Å². The highest BCUT2D eigenvalue weighted by Crippen LogP contribution is 2.38. The molecule has 0 saturated carbocycles. The lowest BCUT2D eigenvalue weighted by atomic mass is 10.0. The average Bonchev–Trinajstić information content (AvgIpc) is 3.31. The van der Waals surface area contributed by atoms with Crippen LogP contribution < -0.4 is 15.4 Å². The molecule has 2 aromatic heterocycles. The Kier molecular flexibility index (Phi) is 7.38. The lowest BCUT2D eigenvalue weighted by molar-refractivity contribution is -0.131. The molecule has 1 amide bonds. The zero-order valence-corrected chi connectivity index (χ0v) is 21.8. The zero-order chi connectivity index (χ0) is 26.6. The van der Waals surface area contributed by atoms with Crippen LogP contribution in [0.1, 0.15) is 34.7 Å². The molecule has 0 bridgehead atoms. The van der Waals surface area contributed by atoms with E-state index < -0.39 is 0 Å². The number of amides is 1. The third-order valence-electron chi connectivity index (χ3n) is 7.54. The van der Waals surface area contributed by atoms with E-state index >= 15 is 0 Å². The smallest absolute Gasteiger partial charge is 0.269 e. The van der Waals surface area contributed by atoms with E-state index in [0.717, 1.165) is 37.7 Å². The molecule has 196 valence electrons. The molecule has 1 fully saturated rings. The zero-order valence-electron chi connectivity index (χ0n) is 21.8. The molecule has 1 atom stereocenters. The van der Waals surface area contributed by atoms with Gasteiger partial charge in [-0.05, 0) is 37.2 Å². The monoisotopic (exact) mass is 512 g/mol. The lowest BCUT2D eigenvalue weighted by Crippen LogP contribution is -2.49.